The fourth-order valence-electron chi connectivity index (χ4n) is 4.18. The summed E-state index contributed by atoms with van der Waals surface area (Å²) in [5, 5.41) is 14.9. The molecule has 152 valence electrons. The van der Waals surface area contributed by atoms with Crippen LogP contribution in [0.5, 0.6) is 5.75 Å². The number of hydrogen-bond acceptors (Lipinski definition) is 4. The van der Waals surface area contributed by atoms with E-state index in [4.69, 9.17) is 6.57 Å². The van der Waals surface area contributed by atoms with Crippen LogP contribution in [0.3, 0.4) is 0 Å². The molecule has 0 radical (unpaired) electrons. The lowest BCUT2D eigenvalue weighted by atomic mass is 9.84. The van der Waals surface area contributed by atoms with Gasteiger partial charge in [0, 0.05) is 24.9 Å². The molecule has 31 heavy (non-hydrogen) atoms. The van der Waals surface area contributed by atoms with Gasteiger partial charge in [0.15, 0.2) is 17.3 Å². The van der Waals surface area contributed by atoms with Crippen LogP contribution in [-0.2, 0) is 6.54 Å². The second-order valence-electron chi connectivity index (χ2n) is 7.35. The number of imidazole rings is 1. The van der Waals surface area contributed by atoms with E-state index in [1.54, 1.807) is 41.3 Å². The molecule has 0 saturated heterocycles. The first-order valence-electron chi connectivity index (χ1n) is 9.62. The summed E-state index contributed by atoms with van der Waals surface area (Å²) < 4.78 is 17.1. The maximum absolute atomic E-state index is 13.7. The molecule has 2 aromatic heterocycles. The molecule has 4 aromatic rings. The Morgan fingerprint density at radius 1 is 1.13 bits per heavy atom. The monoisotopic (exact) mass is 413 g/mol. The van der Waals surface area contributed by atoms with Gasteiger partial charge < -0.3 is 9.67 Å². The van der Waals surface area contributed by atoms with Crippen molar-refractivity contribution in [1.29, 1.82) is 0 Å². The van der Waals surface area contributed by atoms with Crippen LogP contribution in [0.15, 0.2) is 71.9 Å². The Hall–Kier alpha value is -4.25. The number of aromatic nitrogens is 4. The summed E-state index contributed by atoms with van der Waals surface area (Å²) >= 11 is 0. The van der Waals surface area contributed by atoms with Gasteiger partial charge in [-0.1, -0.05) is 36.4 Å². The molecule has 0 bridgehead atoms. The van der Waals surface area contributed by atoms with Gasteiger partial charge in [0.1, 0.15) is 11.5 Å². The first-order valence-corrected chi connectivity index (χ1v) is 9.62. The Labute approximate surface area is 176 Å². The lowest BCUT2D eigenvalue weighted by Crippen LogP contribution is -2.32. The Morgan fingerprint density at radius 3 is 2.48 bits per heavy atom. The quantitative estimate of drug-likeness (QED) is 0.517. The van der Waals surface area contributed by atoms with Gasteiger partial charge in [-0.3, -0.25) is 9.48 Å². The molecule has 0 aliphatic carbocycles. The normalized spacial score (nSPS) is 15.5. The molecule has 1 aliphatic rings. The summed E-state index contributed by atoms with van der Waals surface area (Å²) in [4.78, 5) is 19.9. The Balaban J connectivity index is 1.73. The van der Waals surface area contributed by atoms with Gasteiger partial charge in [0.2, 0.25) is 5.43 Å². The molecule has 2 aromatic carbocycles. The summed E-state index contributed by atoms with van der Waals surface area (Å²) in [6, 6.07) is 13.1. The maximum Gasteiger partial charge on any atom is 0.242 e. The number of benzene rings is 2. The summed E-state index contributed by atoms with van der Waals surface area (Å²) in [6.45, 7) is 7.69. The van der Waals surface area contributed by atoms with Crippen LogP contribution in [0.1, 0.15) is 23.1 Å². The highest BCUT2D eigenvalue weighted by Gasteiger charge is 2.35. The standard InChI is InChI=1S/C23H16FN5O2/c1-25-17-8-4-15(5-9-17)20(14-2-6-16(24)7-3-14)18-13-28-11-10-26-23(28)21-22(31)19(30)12-27-29(18)21/h2-12,18,20,31H,13H2/t18-,20+/m1/s1. The third kappa shape index (κ3) is 3.07. The predicted octanol–water partition coefficient (Wildman–Crippen LogP) is 3.89. The predicted molar refractivity (Wildman–Crippen MR) is 111 cm³/mol. The molecule has 0 amide bonds. The summed E-state index contributed by atoms with van der Waals surface area (Å²) in [5.74, 6) is -0.580. The van der Waals surface area contributed by atoms with Crippen molar-refractivity contribution in [1.82, 2.24) is 19.3 Å². The van der Waals surface area contributed by atoms with Crippen LogP contribution in [0.4, 0.5) is 10.1 Å². The largest absolute Gasteiger partial charge is 0.503 e. The van der Waals surface area contributed by atoms with Crippen molar-refractivity contribution in [2.45, 2.75) is 18.5 Å². The third-order valence-corrected chi connectivity index (χ3v) is 5.61. The number of nitrogens with zero attached hydrogens (tertiary/aromatic N) is 5. The molecular weight excluding hydrogens is 397 g/mol. The van der Waals surface area contributed by atoms with E-state index in [0.29, 0.717) is 18.1 Å². The fourth-order valence-corrected chi connectivity index (χ4v) is 4.18. The van der Waals surface area contributed by atoms with Gasteiger partial charge in [-0.25, -0.2) is 14.2 Å². The number of halogens is 1. The zero-order chi connectivity index (χ0) is 21.5. The average molecular weight is 413 g/mol. The van der Waals surface area contributed by atoms with Gasteiger partial charge in [0.25, 0.3) is 0 Å². The first-order chi connectivity index (χ1) is 15.1. The minimum atomic E-state index is -0.582. The Kier molecular flexibility index (Phi) is 4.37. The van der Waals surface area contributed by atoms with E-state index in [0.717, 1.165) is 17.3 Å². The summed E-state index contributed by atoms with van der Waals surface area (Å²) in [6.07, 6.45) is 4.48. The van der Waals surface area contributed by atoms with Crippen molar-refractivity contribution in [3.63, 3.8) is 0 Å². The molecule has 0 fully saturated rings. The number of aromatic hydroxyl groups is 1. The van der Waals surface area contributed by atoms with Crippen LogP contribution in [0, 0.1) is 12.4 Å². The SMILES string of the molecule is [C-]#[N+]c1ccc([C@H](c2ccc(F)cc2)[C@H]2Cn3ccnc3-c3c(O)c(=O)cnn32)cc1. The second-order valence-corrected chi connectivity index (χ2v) is 7.35. The van der Waals surface area contributed by atoms with Crippen molar-refractivity contribution >= 4 is 5.69 Å². The van der Waals surface area contributed by atoms with E-state index in [1.807, 2.05) is 16.7 Å². The third-order valence-electron chi connectivity index (χ3n) is 5.61. The molecule has 1 aliphatic heterocycles. The van der Waals surface area contributed by atoms with Crippen LogP contribution >= 0.6 is 0 Å². The van der Waals surface area contributed by atoms with E-state index in [2.05, 4.69) is 14.9 Å². The van der Waals surface area contributed by atoms with Crippen molar-refractivity contribution in [3.05, 3.63) is 106 Å². The number of hydrogen-bond donors (Lipinski definition) is 1. The molecule has 0 spiro atoms. The van der Waals surface area contributed by atoms with Crippen molar-refractivity contribution < 1.29 is 9.50 Å². The highest BCUT2D eigenvalue weighted by Crippen LogP contribution is 2.42. The van der Waals surface area contributed by atoms with Crippen molar-refractivity contribution in [2.24, 2.45) is 0 Å². The number of fused-ring (bicyclic) bond motifs is 3. The van der Waals surface area contributed by atoms with E-state index in [9.17, 15) is 14.3 Å². The van der Waals surface area contributed by atoms with Gasteiger partial charge in [-0.15, -0.1) is 0 Å². The second kappa shape index (κ2) is 7.22. The summed E-state index contributed by atoms with van der Waals surface area (Å²) in [5.41, 5.74) is 1.93. The van der Waals surface area contributed by atoms with Crippen molar-refractivity contribution in [3.8, 4) is 17.3 Å². The number of rotatable bonds is 3. The topological polar surface area (TPSA) is 77.3 Å². The zero-order valence-electron chi connectivity index (χ0n) is 16.2. The van der Waals surface area contributed by atoms with Crippen LogP contribution in [0.2, 0.25) is 0 Å². The van der Waals surface area contributed by atoms with E-state index in [-0.39, 0.29) is 23.5 Å². The molecule has 0 unspecified atom stereocenters. The van der Waals surface area contributed by atoms with Crippen LogP contribution in [-0.4, -0.2) is 24.4 Å². The molecule has 0 saturated carbocycles. The molecule has 1 N–H and O–H groups in total. The van der Waals surface area contributed by atoms with E-state index >= 15 is 0 Å². The van der Waals surface area contributed by atoms with Gasteiger partial charge >= 0.3 is 0 Å². The highest BCUT2D eigenvalue weighted by atomic mass is 19.1. The van der Waals surface area contributed by atoms with Gasteiger partial charge in [0.05, 0.1) is 18.8 Å². The summed E-state index contributed by atoms with van der Waals surface area (Å²) in [7, 11) is 0. The highest BCUT2D eigenvalue weighted by molar-refractivity contribution is 5.60. The molecule has 8 heteroatoms. The average Bonchev–Trinajstić information content (AvgIpc) is 3.26. The first kappa shape index (κ1) is 18.8. The fraction of sp³-hybridized carbons (Fsp3) is 0.130. The molecule has 7 nitrogen and oxygen atoms in total. The van der Waals surface area contributed by atoms with Crippen LogP contribution < -0.4 is 5.43 Å². The Morgan fingerprint density at radius 2 is 1.81 bits per heavy atom. The van der Waals surface area contributed by atoms with E-state index < -0.39 is 11.2 Å². The smallest absolute Gasteiger partial charge is 0.242 e. The maximum atomic E-state index is 13.7. The lowest BCUT2D eigenvalue weighted by molar-refractivity contribution is 0.331. The van der Waals surface area contributed by atoms with Crippen molar-refractivity contribution in [2.75, 3.05) is 0 Å². The van der Waals surface area contributed by atoms with E-state index in [1.165, 1.54) is 12.1 Å². The zero-order valence-corrected chi connectivity index (χ0v) is 16.2. The molecule has 3 heterocycles. The Bertz CT molecular complexity index is 1370. The minimum Gasteiger partial charge on any atom is -0.503 e. The molecule has 2 atom stereocenters. The van der Waals surface area contributed by atoms with Crippen LogP contribution in [0.25, 0.3) is 16.4 Å². The minimum absolute atomic E-state index is 0.249. The molecule has 5 rings (SSSR count). The van der Waals surface area contributed by atoms with Gasteiger partial charge in [-0.05, 0) is 23.3 Å². The van der Waals surface area contributed by atoms with Gasteiger partial charge in [-0.2, -0.15) is 5.10 Å². The molecular formula is C23H16FN5O2. The lowest BCUT2D eigenvalue weighted by Gasteiger charge is -2.34.